The number of hydrogen-bond donors (Lipinski definition) is 0. The largest absolute Gasteiger partial charge is 0.490 e. The molecular weight excluding hydrogens is 272 g/mol. The van der Waals surface area contributed by atoms with Crippen LogP contribution in [0.5, 0.6) is 5.75 Å². The molecule has 0 heterocycles. The summed E-state index contributed by atoms with van der Waals surface area (Å²) in [5.41, 5.74) is 1.46. The summed E-state index contributed by atoms with van der Waals surface area (Å²) in [5, 5.41) is 0. The first-order valence-corrected chi connectivity index (χ1v) is 11.2. The summed E-state index contributed by atoms with van der Waals surface area (Å²) in [6.07, 6.45) is 4.29. The van der Waals surface area contributed by atoms with E-state index in [4.69, 9.17) is 4.74 Å². The average molecular weight is 304 g/mol. The molecule has 0 bridgehead atoms. The van der Waals surface area contributed by atoms with Gasteiger partial charge in [0, 0.05) is 8.80 Å². The molecule has 0 saturated heterocycles. The summed E-state index contributed by atoms with van der Waals surface area (Å²) in [7, 11) is -0.194. The second-order valence-corrected chi connectivity index (χ2v) is 10.3. The van der Waals surface area contributed by atoms with Crippen LogP contribution in [0.3, 0.4) is 0 Å². The molecule has 0 amide bonds. The molecule has 1 aromatic carbocycles. The van der Waals surface area contributed by atoms with Crippen LogP contribution >= 0.6 is 0 Å². The standard InChI is InChI=1S/C19H31OSi/c1-14(2)18-11-6-15(3)12-19(18)20-17-9-7-16(8-10-17)13-21(4)5/h7-10,14-15,18-19H,6,11-13H2,1-5H3/t15-,18+,19-/m1/s1. The minimum Gasteiger partial charge on any atom is -0.490 e. The SMILES string of the molecule is CC(C)[C@@H]1CC[C@@H](C)C[C@H]1Oc1ccc(C[Si](C)C)cc1. The van der Waals surface area contributed by atoms with Gasteiger partial charge in [-0.25, -0.2) is 0 Å². The highest BCUT2D eigenvalue weighted by Crippen LogP contribution is 2.36. The van der Waals surface area contributed by atoms with Gasteiger partial charge in [-0.1, -0.05) is 58.0 Å². The summed E-state index contributed by atoms with van der Waals surface area (Å²) in [6.45, 7) is 11.8. The Bertz CT molecular complexity index is 424. The molecule has 0 aromatic heterocycles. The molecule has 1 fully saturated rings. The summed E-state index contributed by atoms with van der Waals surface area (Å²) in [5.74, 6) is 3.29. The third-order valence-electron chi connectivity index (χ3n) is 4.73. The van der Waals surface area contributed by atoms with Crippen LogP contribution in [0.25, 0.3) is 0 Å². The van der Waals surface area contributed by atoms with Crippen LogP contribution in [-0.4, -0.2) is 14.9 Å². The van der Waals surface area contributed by atoms with E-state index in [2.05, 4.69) is 58.1 Å². The molecule has 21 heavy (non-hydrogen) atoms. The van der Waals surface area contributed by atoms with Gasteiger partial charge in [-0.05, 0) is 48.8 Å². The maximum Gasteiger partial charge on any atom is 0.119 e. The van der Waals surface area contributed by atoms with Crippen molar-refractivity contribution in [3.63, 3.8) is 0 Å². The molecule has 1 aliphatic carbocycles. The van der Waals surface area contributed by atoms with Crippen molar-refractivity contribution in [2.45, 2.75) is 65.3 Å². The Morgan fingerprint density at radius 2 is 1.81 bits per heavy atom. The third kappa shape index (κ3) is 4.88. The molecule has 1 saturated carbocycles. The highest BCUT2D eigenvalue weighted by molar-refractivity contribution is 6.55. The van der Waals surface area contributed by atoms with Gasteiger partial charge in [-0.2, -0.15) is 0 Å². The van der Waals surface area contributed by atoms with E-state index in [0.717, 1.165) is 11.7 Å². The normalized spacial score (nSPS) is 26.3. The van der Waals surface area contributed by atoms with Crippen LogP contribution in [0.2, 0.25) is 13.1 Å². The van der Waals surface area contributed by atoms with Gasteiger partial charge in [0.1, 0.15) is 11.9 Å². The van der Waals surface area contributed by atoms with Crippen LogP contribution in [0.4, 0.5) is 0 Å². The predicted octanol–water partition coefficient (Wildman–Crippen LogP) is 5.36. The van der Waals surface area contributed by atoms with Crippen LogP contribution in [0.1, 0.15) is 45.6 Å². The minimum absolute atomic E-state index is 0.194. The molecule has 117 valence electrons. The summed E-state index contributed by atoms with van der Waals surface area (Å²) >= 11 is 0. The molecule has 2 heteroatoms. The van der Waals surface area contributed by atoms with Gasteiger partial charge in [-0.15, -0.1) is 0 Å². The Kier molecular flexibility index (Phi) is 5.92. The van der Waals surface area contributed by atoms with Crippen LogP contribution in [-0.2, 0) is 6.04 Å². The van der Waals surface area contributed by atoms with Crippen molar-refractivity contribution in [2.75, 3.05) is 0 Å². The summed E-state index contributed by atoms with van der Waals surface area (Å²) in [4.78, 5) is 0. The van der Waals surface area contributed by atoms with E-state index in [-0.39, 0.29) is 8.80 Å². The molecule has 1 nitrogen and oxygen atoms in total. The first kappa shape index (κ1) is 16.6. The lowest BCUT2D eigenvalue weighted by Crippen LogP contribution is -2.36. The Morgan fingerprint density at radius 3 is 2.38 bits per heavy atom. The average Bonchev–Trinajstić information content (AvgIpc) is 2.40. The zero-order valence-electron chi connectivity index (χ0n) is 14.4. The molecular formula is C19H31OSi. The minimum atomic E-state index is -0.194. The van der Waals surface area contributed by atoms with Gasteiger partial charge in [-0.3, -0.25) is 0 Å². The lowest BCUT2D eigenvalue weighted by Gasteiger charge is -2.37. The van der Waals surface area contributed by atoms with Gasteiger partial charge in [0.15, 0.2) is 0 Å². The van der Waals surface area contributed by atoms with Crippen LogP contribution < -0.4 is 4.74 Å². The van der Waals surface area contributed by atoms with Crippen molar-refractivity contribution >= 4 is 8.80 Å². The number of rotatable bonds is 5. The molecule has 0 unspecified atom stereocenters. The second-order valence-electron chi connectivity index (χ2n) is 7.51. The van der Waals surface area contributed by atoms with Crippen molar-refractivity contribution in [2.24, 2.45) is 17.8 Å². The Hall–Kier alpha value is -0.763. The molecule has 1 radical (unpaired) electrons. The molecule has 0 spiro atoms. The van der Waals surface area contributed by atoms with Gasteiger partial charge in [0.05, 0.1) is 0 Å². The topological polar surface area (TPSA) is 9.23 Å². The van der Waals surface area contributed by atoms with Gasteiger partial charge in [0.25, 0.3) is 0 Å². The number of ether oxygens (including phenoxy) is 1. The Balaban J connectivity index is 2.01. The van der Waals surface area contributed by atoms with Crippen LogP contribution in [0, 0.1) is 17.8 Å². The van der Waals surface area contributed by atoms with E-state index in [9.17, 15) is 0 Å². The van der Waals surface area contributed by atoms with E-state index >= 15 is 0 Å². The fourth-order valence-electron chi connectivity index (χ4n) is 3.52. The summed E-state index contributed by atoms with van der Waals surface area (Å²) in [6, 6.07) is 10.1. The molecule has 1 aliphatic rings. The van der Waals surface area contributed by atoms with E-state index in [1.807, 2.05) is 0 Å². The fraction of sp³-hybridized carbons (Fsp3) is 0.684. The van der Waals surface area contributed by atoms with Crippen LogP contribution in [0.15, 0.2) is 24.3 Å². The first-order chi connectivity index (χ1) is 9.95. The molecule has 0 aliphatic heterocycles. The van der Waals surface area contributed by atoms with E-state index in [0.29, 0.717) is 17.9 Å². The molecule has 3 atom stereocenters. The predicted molar refractivity (Wildman–Crippen MR) is 93.4 cm³/mol. The van der Waals surface area contributed by atoms with Crippen molar-refractivity contribution in [1.29, 1.82) is 0 Å². The zero-order valence-corrected chi connectivity index (χ0v) is 15.4. The van der Waals surface area contributed by atoms with Crippen molar-refractivity contribution in [3.8, 4) is 5.75 Å². The highest BCUT2D eigenvalue weighted by atomic mass is 28.3. The van der Waals surface area contributed by atoms with Gasteiger partial charge < -0.3 is 4.74 Å². The fourth-order valence-corrected chi connectivity index (χ4v) is 4.57. The van der Waals surface area contributed by atoms with E-state index in [1.165, 1.54) is 30.9 Å². The van der Waals surface area contributed by atoms with Crippen molar-refractivity contribution < 1.29 is 4.74 Å². The monoisotopic (exact) mass is 303 g/mol. The number of hydrogen-bond acceptors (Lipinski definition) is 1. The van der Waals surface area contributed by atoms with Gasteiger partial charge >= 0.3 is 0 Å². The highest BCUT2D eigenvalue weighted by Gasteiger charge is 2.32. The lowest BCUT2D eigenvalue weighted by atomic mass is 9.75. The summed E-state index contributed by atoms with van der Waals surface area (Å²) < 4.78 is 6.37. The maximum atomic E-state index is 6.37. The van der Waals surface area contributed by atoms with Crippen molar-refractivity contribution in [3.05, 3.63) is 29.8 Å². The lowest BCUT2D eigenvalue weighted by molar-refractivity contribution is 0.0460. The molecule has 2 rings (SSSR count). The number of benzene rings is 1. The maximum absolute atomic E-state index is 6.37. The smallest absolute Gasteiger partial charge is 0.119 e. The zero-order chi connectivity index (χ0) is 15.4. The molecule has 1 aromatic rings. The van der Waals surface area contributed by atoms with Gasteiger partial charge in [0.2, 0.25) is 0 Å². The van der Waals surface area contributed by atoms with E-state index < -0.39 is 0 Å². The first-order valence-electron chi connectivity index (χ1n) is 8.50. The second kappa shape index (κ2) is 7.48. The third-order valence-corrected chi connectivity index (χ3v) is 5.85. The van der Waals surface area contributed by atoms with Crippen molar-refractivity contribution in [1.82, 2.24) is 0 Å². The van der Waals surface area contributed by atoms with E-state index in [1.54, 1.807) is 0 Å². The quantitative estimate of drug-likeness (QED) is 0.665. The Labute approximate surface area is 132 Å². The molecule has 0 N–H and O–H groups in total. The Morgan fingerprint density at radius 1 is 1.14 bits per heavy atom.